The Morgan fingerprint density at radius 2 is 1.90 bits per heavy atom. The predicted octanol–water partition coefficient (Wildman–Crippen LogP) is 1.82. The van der Waals surface area contributed by atoms with Gasteiger partial charge >= 0.3 is 0 Å². The molecule has 9 nitrogen and oxygen atoms in total. The number of nitrogens with zero attached hydrogens (tertiary/aromatic N) is 3. The summed E-state index contributed by atoms with van der Waals surface area (Å²) in [6.07, 6.45) is 1.34. The maximum atomic E-state index is 12.3. The average Bonchev–Trinajstić information content (AvgIpc) is 3.11. The summed E-state index contributed by atoms with van der Waals surface area (Å²) in [6, 6.07) is 5.70. The number of benzene rings is 1. The van der Waals surface area contributed by atoms with Gasteiger partial charge in [-0.15, -0.1) is 10.2 Å². The van der Waals surface area contributed by atoms with E-state index in [4.69, 9.17) is 15.2 Å². The highest BCUT2D eigenvalue weighted by Gasteiger charge is 2.16. The second-order valence-electron chi connectivity index (χ2n) is 7.45. The number of aromatic nitrogens is 3. The summed E-state index contributed by atoms with van der Waals surface area (Å²) in [5, 5.41) is 12.0. The molecular weight excluding hydrogens is 418 g/mol. The molecule has 0 radical (unpaired) electrons. The van der Waals surface area contributed by atoms with E-state index in [0.29, 0.717) is 54.3 Å². The fraction of sp³-hybridized carbons (Fsp3) is 0.524. The second kappa shape index (κ2) is 12.2. The standard InChI is InChI=1S/C21H31N5O4S/c1-14(2)12-26-19(8-7-18(22)27)24-25-21(26)31-13-20(28)23-10-9-15-5-6-16(29-3)17(11-15)30-4/h5-6,11,14H,7-10,12-13H2,1-4H3,(H2,22,27)(H,23,28). The minimum atomic E-state index is -0.373. The van der Waals surface area contributed by atoms with Crippen LogP contribution < -0.4 is 20.5 Å². The van der Waals surface area contributed by atoms with Gasteiger partial charge in [0.1, 0.15) is 5.82 Å². The molecule has 0 bridgehead atoms. The van der Waals surface area contributed by atoms with Gasteiger partial charge in [-0.25, -0.2) is 0 Å². The zero-order valence-corrected chi connectivity index (χ0v) is 19.3. The lowest BCUT2D eigenvalue weighted by atomic mass is 10.1. The van der Waals surface area contributed by atoms with Crippen LogP contribution in [0.4, 0.5) is 0 Å². The molecule has 0 saturated heterocycles. The van der Waals surface area contributed by atoms with Crippen LogP contribution in [0, 0.1) is 5.92 Å². The maximum absolute atomic E-state index is 12.3. The van der Waals surface area contributed by atoms with Crippen LogP contribution in [0.3, 0.4) is 0 Å². The van der Waals surface area contributed by atoms with Crippen molar-refractivity contribution < 1.29 is 19.1 Å². The molecule has 10 heteroatoms. The van der Waals surface area contributed by atoms with E-state index in [1.54, 1.807) is 14.2 Å². The van der Waals surface area contributed by atoms with E-state index < -0.39 is 0 Å². The molecule has 0 atom stereocenters. The second-order valence-corrected chi connectivity index (χ2v) is 8.39. The number of methoxy groups -OCH3 is 2. The van der Waals surface area contributed by atoms with Crippen LogP contribution in [0.5, 0.6) is 11.5 Å². The smallest absolute Gasteiger partial charge is 0.230 e. The summed E-state index contributed by atoms with van der Waals surface area (Å²) >= 11 is 1.33. The van der Waals surface area contributed by atoms with Gasteiger partial charge in [0, 0.05) is 25.9 Å². The van der Waals surface area contributed by atoms with Crippen LogP contribution in [0.2, 0.25) is 0 Å². The Morgan fingerprint density at radius 3 is 2.55 bits per heavy atom. The zero-order valence-electron chi connectivity index (χ0n) is 18.5. The van der Waals surface area contributed by atoms with E-state index in [9.17, 15) is 9.59 Å². The topological polar surface area (TPSA) is 121 Å². The minimum Gasteiger partial charge on any atom is -0.493 e. The van der Waals surface area contributed by atoms with E-state index in [1.165, 1.54) is 11.8 Å². The molecule has 0 saturated carbocycles. The third kappa shape index (κ3) is 7.78. The Hall–Kier alpha value is -2.75. The van der Waals surface area contributed by atoms with Crippen molar-refractivity contribution in [2.24, 2.45) is 11.7 Å². The highest BCUT2D eigenvalue weighted by molar-refractivity contribution is 7.99. The van der Waals surface area contributed by atoms with Crippen molar-refractivity contribution in [3.63, 3.8) is 0 Å². The van der Waals surface area contributed by atoms with Crippen LogP contribution in [0.15, 0.2) is 23.4 Å². The molecule has 2 aromatic rings. The Labute approximate surface area is 187 Å². The number of primary amides is 1. The monoisotopic (exact) mass is 449 g/mol. The number of thioether (sulfide) groups is 1. The Bertz CT molecular complexity index is 885. The van der Waals surface area contributed by atoms with Crippen molar-refractivity contribution in [3.05, 3.63) is 29.6 Å². The molecule has 170 valence electrons. The lowest BCUT2D eigenvalue weighted by Crippen LogP contribution is -2.27. The lowest BCUT2D eigenvalue weighted by Gasteiger charge is -2.12. The molecule has 1 heterocycles. The quantitative estimate of drug-likeness (QED) is 0.447. The first-order valence-corrected chi connectivity index (χ1v) is 11.1. The first-order chi connectivity index (χ1) is 14.8. The first kappa shape index (κ1) is 24.5. The Morgan fingerprint density at radius 1 is 1.16 bits per heavy atom. The number of hydrogen-bond donors (Lipinski definition) is 2. The van der Waals surface area contributed by atoms with Gasteiger partial charge in [-0.3, -0.25) is 9.59 Å². The van der Waals surface area contributed by atoms with Gasteiger partial charge in [0.2, 0.25) is 11.8 Å². The fourth-order valence-electron chi connectivity index (χ4n) is 2.96. The van der Waals surface area contributed by atoms with Crippen LogP contribution in [-0.2, 0) is 29.0 Å². The summed E-state index contributed by atoms with van der Waals surface area (Å²) in [5.74, 6) is 2.20. The number of nitrogens with one attached hydrogen (secondary N) is 1. The minimum absolute atomic E-state index is 0.0803. The zero-order chi connectivity index (χ0) is 22.8. The highest BCUT2D eigenvalue weighted by atomic mass is 32.2. The summed E-state index contributed by atoms with van der Waals surface area (Å²) in [4.78, 5) is 23.4. The molecule has 0 aliphatic carbocycles. The molecule has 2 rings (SSSR count). The third-order valence-corrected chi connectivity index (χ3v) is 5.42. The lowest BCUT2D eigenvalue weighted by molar-refractivity contribution is -0.119. The van der Waals surface area contributed by atoms with Crippen molar-refractivity contribution in [1.82, 2.24) is 20.1 Å². The number of aryl methyl sites for hydroxylation is 1. The van der Waals surface area contributed by atoms with Gasteiger partial charge in [0.25, 0.3) is 0 Å². The van der Waals surface area contributed by atoms with E-state index in [2.05, 4.69) is 29.4 Å². The largest absolute Gasteiger partial charge is 0.493 e. The predicted molar refractivity (Wildman–Crippen MR) is 119 cm³/mol. The van der Waals surface area contributed by atoms with E-state index in [0.717, 1.165) is 5.56 Å². The summed E-state index contributed by atoms with van der Waals surface area (Å²) in [6.45, 7) is 5.40. The van der Waals surface area contributed by atoms with Gasteiger partial charge in [-0.05, 0) is 30.0 Å². The normalized spacial score (nSPS) is 10.9. The first-order valence-electron chi connectivity index (χ1n) is 10.1. The van der Waals surface area contributed by atoms with Gasteiger partial charge < -0.3 is 25.1 Å². The van der Waals surface area contributed by atoms with Crippen molar-refractivity contribution in [1.29, 1.82) is 0 Å². The molecule has 1 aromatic heterocycles. The van der Waals surface area contributed by atoms with Crippen molar-refractivity contribution in [3.8, 4) is 11.5 Å². The molecule has 0 unspecified atom stereocenters. The molecule has 31 heavy (non-hydrogen) atoms. The van der Waals surface area contributed by atoms with Gasteiger partial charge in [0.05, 0.1) is 20.0 Å². The van der Waals surface area contributed by atoms with Crippen LogP contribution in [0.1, 0.15) is 31.7 Å². The number of hydrogen-bond acceptors (Lipinski definition) is 7. The number of amides is 2. The van der Waals surface area contributed by atoms with Crippen molar-refractivity contribution in [2.45, 2.75) is 44.8 Å². The fourth-order valence-corrected chi connectivity index (χ4v) is 3.75. The van der Waals surface area contributed by atoms with Crippen LogP contribution >= 0.6 is 11.8 Å². The van der Waals surface area contributed by atoms with Gasteiger partial charge in [-0.1, -0.05) is 31.7 Å². The molecule has 1 aromatic carbocycles. The number of carbonyl (C=O) groups is 2. The molecule has 2 amide bonds. The average molecular weight is 450 g/mol. The number of ether oxygens (including phenoxy) is 2. The summed E-state index contributed by atoms with van der Waals surface area (Å²) < 4.78 is 12.5. The summed E-state index contributed by atoms with van der Waals surface area (Å²) in [5.41, 5.74) is 6.29. The third-order valence-electron chi connectivity index (χ3n) is 4.45. The molecule has 0 spiro atoms. The van der Waals surface area contributed by atoms with Gasteiger partial charge in [0.15, 0.2) is 16.7 Å². The SMILES string of the molecule is COc1ccc(CCNC(=O)CSc2nnc(CCC(N)=O)n2CC(C)C)cc1OC. The molecular formula is C21H31N5O4S. The highest BCUT2D eigenvalue weighted by Crippen LogP contribution is 2.27. The van der Waals surface area contributed by atoms with E-state index in [-0.39, 0.29) is 24.0 Å². The molecule has 3 N–H and O–H groups in total. The Balaban J connectivity index is 1.87. The number of rotatable bonds is 13. The van der Waals surface area contributed by atoms with Crippen LogP contribution in [-0.4, -0.2) is 53.1 Å². The van der Waals surface area contributed by atoms with Crippen molar-refractivity contribution >= 4 is 23.6 Å². The molecule has 0 fully saturated rings. The van der Waals surface area contributed by atoms with Crippen molar-refractivity contribution in [2.75, 3.05) is 26.5 Å². The number of nitrogens with two attached hydrogens (primary N) is 1. The Kier molecular flexibility index (Phi) is 9.64. The van der Waals surface area contributed by atoms with E-state index in [1.807, 2.05) is 22.8 Å². The maximum Gasteiger partial charge on any atom is 0.230 e. The number of carbonyl (C=O) groups excluding carboxylic acids is 2. The summed E-state index contributed by atoms with van der Waals surface area (Å²) in [7, 11) is 3.19. The van der Waals surface area contributed by atoms with E-state index >= 15 is 0 Å². The van der Waals surface area contributed by atoms with Gasteiger partial charge in [-0.2, -0.15) is 0 Å². The molecule has 0 aliphatic heterocycles. The molecule has 0 aliphatic rings. The van der Waals surface area contributed by atoms with Crippen LogP contribution in [0.25, 0.3) is 0 Å².